The van der Waals surface area contributed by atoms with Crippen LogP contribution >= 0.6 is 0 Å². The van der Waals surface area contributed by atoms with E-state index in [1.165, 1.54) is 30.5 Å². The van der Waals surface area contributed by atoms with Gasteiger partial charge in [0.2, 0.25) is 0 Å². The minimum absolute atomic E-state index is 0.140. The van der Waals surface area contributed by atoms with Gasteiger partial charge < -0.3 is 5.32 Å². The van der Waals surface area contributed by atoms with Gasteiger partial charge in [-0.25, -0.2) is 4.39 Å². The Labute approximate surface area is 109 Å². The van der Waals surface area contributed by atoms with Crippen molar-refractivity contribution in [1.29, 1.82) is 0 Å². The molecule has 19 heavy (non-hydrogen) atoms. The molecule has 0 saturated heterocycles. The smallest absolute Gasteiger partial charge is 0.253 e. The van der Waals surface area contributed by atoms with Crippen LogP contribution in [0.3, 0.4) is 0 Å². The van der Waals surface area contributed by atoms with Gasteiger partial charge in [-0.15, -0.1) is 0 Å². The Morgan fingerprint density at radius 3 is 2.47 bits per heavy atom. The number of benzene rings is 1. The van der Waals surface area contributed by atoms with E-state index in [0.29, 0.717) is 11.1 Å². The summed E-state index contributed by atoms with van der Waals surface area (Å²) in [5.41, 5.74) is 0.738. The molecule has 1 aromatic carbocycles. The zero-order valence-electron chi connectivity index (χ0n) is 9.97. The van der Waals surface area contributed by atoms with Crippen molar-refractivity contribution in [2.24, 2.45) is 0 Å². The summed E-state index contributed by atoms with van der Waals surface area (Å²) in [6.45, 7) is -0.140. The van der Waals surface area contributed by atoms with E-state index in [2.05, 4.69) is 10.3 Å². The first-order valence-electron chi connectivity index (χ1n) is 5.64. The number of pyridine rings is 1. The third-order valence-electron chi connectivity index (χ3n) is 2.50. The highest BCUT2D eigenvalue weighted by Gasteiger charge is 2.09. The lowest BCUT2D eigenvalue weighted by Gasteiger charge is -2.04. The first-order chi connectivity index (χ1) is 9.16. The number of hydrogen-bond donors (Lipinski definition) is 1. The van der Waals surface area contributed by atoms with Gasteiger partial charge in [0, 0.05) is 18.0 Å². The minimum Gasteiger partial charge on any atom is -0.345 e. The molecule has 0 aliphatic rings. The van der Waals surface area contributed by atoms with Crippen molar-refractivity contribution in [3.63, 3.8) is 0 Å². The van der Waals surface area contributed by atoms with Gasteiger partial charge in [0.25, 0.3) is 5.91 Å². The lowest BCUT2D eigenvalue weighted by molar-refractivity contribution is 0.0904. The van der Waals surface area contributed by atoms with Crippen molar-refractivity contribution in [3.05, 3.63) is 65.7 Å². The molecule has 4 nitrogen and oxygen atoms in total. The second kappa shape index (κ2) is 5.86. The lowest BCUT2D eigenvalue weighted by atomic mass is 10.1. The van der Waals surface area contributed by atoms with Gasteiger partial charge in [0.05, 0.1) is 12.1 Å². The van der Waals surface area contributed by atoms with Crippen molar-refractivity contribution < 1.29 is 14.0 Å². The van der Waals surface area contributed by atoms with Crippen LogP contribution in [0.5, 0.6) is 0 Å². The average molecular weight is 258 g/mol. The molecule has 0 radical (unpaired) electrons. The molecule has 1 heterocycles. The van der Waals surface area contributed by atoms with Gasteiger partial charge in [-0.2, -0.15) is 0 Å². The third-order valence-corrected chi connectivity index (χ3v) is 2.50. The molecule has 0 aliphatic carbocycles. The van der Waals surface area contributed by atoms with Crippen LogP contribution in [0.15, 0.2) is 48.8 Å². The minimum atomic E-state index is -0.407. The largest absolute Gasteiger partial charge is 0.345 e. The quantitative estimate of drug-likeness (QED) is 0.851. The monoisotopic (exact) mass is 258 g/mol. The van der Waals surface area contributed by atoms with Crippen LogP contribution in [0.2, 0.25) is 0 Å². The molecule has 0 unspecified atom stereocenters. The Balaban J connectivity index is 1.94. The SMILES string of the molecule is O=C(CNC(=O)c1cccnc1)c1ccc(F)cc1. The molecule has 96 valence electrons. The summed E-state index contributed by atoms with van der Waals surface area (Å²) in [6, 6.07) is 8.41. The average Bonchev–Trinajstić information content (AvgIpc) is 2.46. The Kier molecular flexibility index (Phi) is 3.97. The first kappa shape index (κ1) is 12.9. The van der Waals surface area contributed by atoms with Crippen molar-refractivity contribution in [1.82, 2.24) is 10.3 Å². The maximum absolute atomic E-state index is 12.7. The van der Waals surface area contributed by atoms with E-state index < -0.39 is 5.82 Å². The molecule has 0 saturated carbocycles. The fourth-order valence-corrected chi connectivity index (χ4v) is 1.50. The van der Waals surface area contributed by atoms with E-state index in [1.807, 2.05) is 0 Å². The molecule has 0 aliphatic heterocycles. The normalized spacial score (nSPS) is 9.95. The zero-order chi connectivity index (χ0) is 13.7. The molecule has 0 atom stereocenters. The zero-order valence-corrected chi connectivity index (χ0v) is 9.97. The number of amides is 1. The maximum Gasteiger partial charge on any atom is 0.253 e. The predicted octanol–water partition coefficient (Wildman–Crippen LogP) is 1.83. The van der Waals surface area contributed by atoms with Crippen molar-refractivity contribution >= 4 is 11.7 Å². The van der Waals surface area contributed by atoms with Crippen LogP contribution < -0.4 is 5.32 Å². The molecule has 0 spiro atoms. The highest BCUT2D eigenvalue weighted by molar-refractivity contribution is 6.01. The molecule has 1 aromatic heterocycles. The number of carbonyl (C=O) groups excluding carboxylic acids is 2. The summed E-state index contributed by atoms with van der Waals surface area (Å²) in [5.74, 6) is -1.06. The number of halogens is 1. The second-order valence-corrected chi connectivity index (χ2v) is 3.85. The topological polar surface area (TPSA) is 59.1 Å². The van der Waals surface area contributed by atoms with E-state index in [1.54, 1.807) is 18.3 Å². The maximum atomic E-state index is 12.7. The van der Waals surface area contributed by atoms with Crippen LogP contribution in [0, 0.1) is 5.82 Å². The van der Waals surface area contributed by atoms with E-state index in [-0.39, 0.29) is 18.2 Å². The molecule has 2 rings (SSSR count). The van der Waals surface area contributed by atoms with E-state index in [0.717, 1.165) is 0 Å². The fourth-order valence-electron chi connectivity index (χ4n) is 1.50. The number of hydrogen-bond acceptors (Lipinski definition) is 3. The van der Waals surface area contributed by atoms with Crippen molar-refractivity contribution in [2.45, 2.75) is 0 Å². The molecule has 2 aromatic rings. The predicted molar refractivity (Wildman–Crippen MR) is 67.3 cm³/mol. The molecule has 0 fully saturated rings. The second-order valence-electron chi connectivity index (χ2n) is 3.85. The summed E-state index contributed by atoms with van der Waals surface area (Å²) >= 11 is 0. The number of rotatable bonds is 4. The highest BCUT2D eigenvalue weighted by Crippen LogP contribution is 2.03. The molecule has 1 N–H and O–H groups in total. The van der Waals surface area contributed by atoms with Gasteiger partial charge in [0.15, 0.2) is 5.78 Å². The summed E-state index contributed by atoms with van der Waals surface area (Å²) in [7, 11) is 0. The molecule has 1 amide bonds. The molecular formula is C14H11FN2O2. The Bertz CT molecular complexity index is 582. The van der Waals surface area contributed by atoms with E-state index >= 15 is 0 Å². The van der Waals surface area contributed by atoms with E-state index in [4.69, 9.17) is 0 Å². The summed E-state index contributed by atoms with van der Waals surface area (Å²) in [4.78, 5) is 27.2. The van der Waals surface area contributed by atoms with Crippen LogP contribution in [-0.2, 0) is 0 Å². The van der Waals surface area contributed by atoms with Gasteiger partial charge in [-0.3, -0.25) is 14.6 Å². The van der Waals surface area contributed by atoms with Crippen LogP contribution in [0.1, 0.15) is 20.7 Å². The summed E-state index contributed by atoms with van der Waals surface area (Å²) < 4.78 is 12.7. The van der Waals surface area contributed by atoms with Gasteiger partial charge >= 0.3 is 0 Å². The van der Waals surface area contributed by atoms with Crippen molar-refractivity contribution in [2.75, 3.05) is 6.54 Å². The fraction of sp³-hybridized carbons (Fsp3) is 0.0714. The summed E-state index contributed by atoms with van der Waals surface area (Å²) in [5, 5.41) is 2.49. The Morgan fingerprint density at radius 2 is 1.84 bits per heavy atom. The summed E-state index contributed by atoms with van der Waals surface area (Å²) in [6.07, 6.45) is 2.97. The number of aromatic nitrogens is 1. The van der Waals surface area contributed by atoms with Gasteiger partial charge in [0.1, 0.15) is 5.82 Å². The Hall–Kier alpha value is -2.56. The highest BCUT2D eigenvalue weighted by atomic mass is 19.1. The number of nitrogens with zero attached hydrogens (tertiary/aromatic N) is 1. The molecular weight excluding hydrogens is 247 g/mol. The molecule has 5 heteroatoms. The number of ketones is 1. The van der Waals surface area contributed by atoms with Gasteiger partial charge in [-0.1, -0.05) is 0 Å². The third kappa shape index (κ3) is 3.45. The number of carbonyl (C=O) groups is 2. The number of Topliss-reactive ketones (excluding diaryl/α,β-unsaturated/α-hetero) is 1. The van der Waals surface area contributed by atoms with E-state index in [9.17, 15) is 14.0 Å². The van der Waals surface area contributed by atoms with Crippen LogP contribution in [-0.4, -0.2) is 23.2 Å². The first-order valence-corrected chi connectivity index (χ1v) is 5.64. The molecule has 0 bridgehead atoms. The van der Waals surface area contributed by atoms with Crippen LogP contribution in [0.4, 0.5) is 4.39 Å². The van der Waals surface area contributed by atoms with Crippen molar-refractivity contribution in [3.8, 4) is 0 Å². The standard InChI is InChI=1S/C14H11FN2O2/c15-12-5-3-10(4-6-12)13(18)9-17-14(19)11-2-1-7-16-8-11/h1-8H,9H2,(H,17,19). The Morgan fingerprint density at radius 1 is 1.11 bits per heavy atom. The number of nitrogens with one attached hydrogen (secondary N) is 1. The van der Waals surface area contributed by atoms with Gasteiger partial charge in [-0.05, 0) is 36.4 Å². The lowest BCUT2D eigenvalue weighted by Crippen LogP contribution is -2.29. The van der Waals surface area contributed by atoms with Crippen LogP contribution in [0.25, 0.3) is 0 Å².